The number of anilines is 1. The number of ether oxygens (including phenoxy) is 1. The Balaban J connectivity index is 2.61. The van der Waals surface area contributed by atoms with Crippen LogP contribution in [0.3, 0.4) is 0 Å². The van der Waals surface area contributed by atoms with Gasteiger partial charge >= 0.3 is 0 Å². The van der Waals surface area contributed by atoms with Crippen molar-refractivity contribution >= 4 is 5.82 Å². The molecule has 0 aliphatic heterocycles. The predicted molar refractivity (Wildman–Crippen MR) is 77.7 cm³/mol. The monoisotopic (exact) mass is 267 g/mol. The van der Waals surface area contributed by atoms with Gasteiger partial charge in [-0.25, -0.2) is 4.98 Å². The van der Waals surface area contributed by atoms with Crippen LogP contribution >= 0.6 is 0 Å². The molecule has 0 saturated heterocycles. The lowest BCUT2D eigenvalue weighted by atomic mass is 10.1. The minimum absolute atomic E-state index is 0.421. The van der Waals surface area contributed by atoms with Crippen molar-refractivity contribution in [1.29, 1.82) is 0 Å². The highest BCUT2D eigenvalue weighted by Gasteiger charge is 2.21. The van der Waals surface area contributed by atoms with Crippen molar-refractivity contribution in [3.8, 4) is 5.75 Å². The van der Waals surface area contributed by atoms with Gasteiger partial charge in [-0.2, -0.15) is 0 Å². The van der Waals surface area contributed by atoms with Crippen LogP contribution in [0.2, 0.25) is 0 Å². The van der Waals surface area contributed by atoms with Crippen molar-refractivity contribution < 1.29 is 9.84 Å². The zero-order valence-corrected chi connectivity index (χ0v) is 12.3. The first-order valence-corrected chi connectivity index (χ1v) is 6.63. The number of rotatable bonds is 8. The molecule has 0 aliphatic carbocycles. The maximum atomic E-state index is 10.2. The van der Waals surface area contributed by atoms with Gasteiger partial charge in [-0.1, -0.05) is 6.92 Å². The molecule has 0 saturated carbocycles. The quantitative estimate of drug-likeness (QED) is 0.749. The van der Waals surface area contributed by atoms with Crippen molar-refractivity contribution in [3.63, 3.8) is 0 Å². The number of nitrogens with one attached hydrogen (secondary N) is 1. The molecule has 0 bridgehead atoms. The van der Waals surface area contributed by atoms with E-state index in [1.165, 1.54) is 0 Å². The van der Waals surface area contributed by atoms with Gasteiger partial charge < -0.3 is 20.1 Å². The van der Waals surface area contributed by atoms with Crippen LogP contribution in [-0.4, -0.2) is 54.4 Å². The number of aromatic nitrogens is 1. The minimum atomic E-state index is -0.816. The van der Waals surface area contributed by atoms with Gasteiger partial charge in [0.15, 0.2) is 11.6 Å². The molecule has 108 valence electrons. The molecule has 1 rings (SSSR count). The summed E-state index contributed by atoms with van der Waals surface area (Å²) in [7, 11) is 3.87. The minimum Gasteiger partial charge on any atom is -0.490 e. The fourth-order valence-corrected chi connectivity index (χ4v) is 1.86. The van der Waals surface area contributed by atoms with Crippen LogP contribution in [0.4, 0.5) is 5.82 Å². The van der Waals surface area contributed by atoms with Crippen LogP contribution in [0.25, 0.3) is 0 Å². The van der Waals surface area contributed by atoms with E-state index in [9.17, 15) is 5.11 Å². The van der Waals surface area contributed by atoms with Crippen LogP contribution in [0.5, 0.6) is 5.75 Å². The molecule has 0 radical (unpaired) electrons. The summed E-state index contributed by atoms with van der Waals surface area (Å²) in [6.07, 6.45) is 2.66. The standard InChI is InChI=1S/C14H25N3O2/c1-5-9-19-12-7-6-8-15-13(12)16-10-14(2,18)11-17(3)4/h6-8,18H,5,9-11H2,1-4H3,(H,15,16). The third-order valence-electron chi connectivity index (χ3n) is 2.53. The molecule has 0 spiro atoms. The average Bonchev–Trinajstić information content (AvgIpc) is 2.33. The summed E-state index contributed by atoms with van der Waals surface area (Å²) in [6.45, 7) is 5.53. The third-order valence-corrected chi connectivity index (χ3v) is 2.53. The lowest BCUT2D eigenvalue weighted by Crippen LogP contribution is -2.43. The van der Waals surface area contributed by atoms with E-state index < -0.39 is 5.60 Å². The highest BCUT2D eigenvalue weighted by atomic mass is 16.5. The van der Waals surface area contributed by atoms with Crippen molar-refractivity contribution in [1.82, 2.24) is 9.88 Å². The van der Waals surface area contributed by atoms with Gasteiger partial charge in [0.05, 0.1) is 12.2 Å². The summed E-state index contributed by atoms with van der Waals surface area (Å²) < 4.78 is 5.62. The molecule has 0 aliphatic rings. The predicted octanol–water partition coefficient (Wildman–Crippen LogP) is 1.59. The molecule has 1 heterocycles. The van der Waals surface area contributed by atoms with Crippen LogP contribution in [0.1, 0.15) is 20.3 Å². The van der Waals surface area contributed by atoms with Gasteiger partial charge in [0.25, 0.3) is 0 Å². The van der Waals surface area contributed by atoms with E-state index in [1.807, 2.05) is 31.1 Å². The number of nitrogens with zero attached hydrogens (tertiary/aromatic N) is 2. The highest BCUT2D eigenvalue weighted by Crippen LogP contribution is 2.21. The van der Waals surface area contributed by atoms with Gasteiger partial charge in [0.1, 0.15) is 0 Å². The molecule has 1 unspecified atom stereocenters. The Morgan fingerprint density at radius 2 is 2.21 bits per heavy atom. The van der Waals surface area contributed by atoms with Crippen LogP contribution in [-0.2, 0) is 0 Å². The SMILES string of the molecule is CCCOc1cccnc1NCC(C)(O)CN(C)C. The average molecular weight is 267 g/mol. The number of aliphatic hydroxyl groups is 1. The summed E-state index contributed by atoms with van der Waals surface area (Å²) in [6, 6.07) is 3.72. The molecule has 5 nitrogen and oxygen atoms in total. The topological polar surface area (TPSA) is 57.6 Å². The largest absolute Gasteiger partial charge is 0.490 e. The van der Waals surface area contributed by atoms with E-state index >= 15 is 0 Å². The fourth-order valence-electron chi connectivity index (χ4n) is 1.86. The first-order chi connectivity index (χ1) is 8.94. The molecule has 1 aromatic rings. The summed E-state index contributed by atoms with van der Waals surface area (Å²) in [5.41, 5.74) is -0.816. The second-order valence-electron chi connectivity index (χ2n) is 5.29. The zero-order chi connectivity index (χ0) is 14.3. The number of hydrogen-bond acceptors (Lipinski definition) is 5. The van der Waals surface area contributed by atoms with E-state index in [4.69, 9.17) is 4.74 Å². The molecule has 0 fully saturated rings. The molecule has 19 heavy (non-hydrogen) atoms. The Morgan fingerprint density at radius 1 is 1.47 bits per heavy atom. The van der Waals surface area contributed by atoms with Crippen LogP contribution in [0, 0.1) is 0 Å². The molecule has 5 heteroatoms. The lowest BCUT2D eigenvalue weighted by Gasteiger charge is -2.27. The Labute approximate surface area is 115 Å². The third kappa shape index (κ3) is 5.89. The second-order valence-corrected chi connectivity index (χ2v) is 5.29. The normalized spacial score (nSPS) is 14.2. The van der Waals surface area contributed by atoms with Crippen molar-refractivity contribution in [2.75, 3.05) is 39.1 Å². The summed E-state index contributed by atoms with van der Waals surface area (Å²) in [4.78, 5) is 6.21. The smallest absolute Gasteiger partial charge is 0.168 e. The van der Waals surface area contributed by atoms with Crippen molar-refractivity contribution in [3.05, 3.63) is 18.3 Å². The van der Waals surface area contributed by atoms with Gasteiger partial charge in [-0.15, -0.1) is 0 Å². The molecule has 0 aromatic carbocycles. The second kappa shape index (κ2) is 7.31. The molecule has 0 amide bonds. The maximum Gasteiger partial charge on any atom is 0.168 e. The van der Waals surface area contributed by atoms with E-state index in [2.05, 4.69) is 17.2 Å². The van der Waals surface area contributed by atoms with Gasteiger partial charge in [0.2, 0.25) is 0 Å². The van der Waals surface area contributed by atoms with Gasteiger partial charge in [-0.3, -0.25) is 0 Å². The molecular weight excluding hydrogens is 242 g/mol. The molecular formula is C14H25N3O2. The fraction of sp³-hybridized carbons (Fsp3) is 0.643. The number of pyridine rings is 1. The zero-order valence-electron chi connectivity index (χ0n) is 12.3. The lowest BCUT2D eigenvalue weighted by molar-refractivity contribution is 0.0458. The molecule has 1 atom stereocenters. The van der Waals surface area contributed by atoms with E-state index in [0.717, 1.165) is 12.2 Å². The molecule has 2 N–H and O–H groups in total. The van der Waals surface area contributed by atoms with Crippen molar-refractivity contribution in [2.45, 2.75) is 25.9 Å². The molecule has 1 aromatic heterocycles. The number of hydrogen-bond donors (Lipinski definition) is 2. The first kappa shape index (κ1) is 15.7. The number of likely N-dealkylation sites (N-methyl/N-ethyl adjacent to an activating group) is 1. The van der Waals surface area contributed by atoms with Gasteiger partial charge in [0, 0.05) is 19.3 Å². The van der Waals surface area contributed by atoms with E-state index in [0.29, 0.717) is 25.5 Å². The van der Waals surface area contributed by atoms with E-state index in [1.54, 1.807) is 13.1 Å². The summed E-state index contributed by atoms with van der Waals surface area (Å²) in [5, 5.41) is 13.4. The first-order valence-electron chi connectivity index (χ1n) is 6.63. The maximum absolute atomic E-state index is 10.2. The summed E-state index contributed by atoms with van der Waals surface area (Å²) in [5.74, 6) is 1.40. The van der Waals surface area contributed by atoms with E-state index in [-0.39, 0.29) is 0 Å². The Hall–Kier alpha value is -1.33. The van der Waals surface area contributed by atoms with Crippen LogP contribution < -0.4 is 10.1 Å². The van der Waals surface area contributed by atoms with Crippen molar-refractivity contribution in [2.24, 2.45) is 0 Å². The Morgan fingerprint density at radius 3 is 2.84 bits per heavy atom. The Bertz CT molecular complexity index is 381. The van der Waals surface area contributed by atoms with Crippen LogP contribution in [0.15, 0.2) is 18.3 Å². The highest BCUT2D eigenvalue weighted by molar-refractivity contribution is 5.49. The Kier molecular flexibility index (Phi) is 6.05. The summed E-state index contributed by atoms with van der Waals surface area (Å²) >= 11 is 0. The van der Waals surface area contributed by atoms with Gasteiger partial charge in [-0.05, 0) is 39.6 Å².